The predicted octanol–water partition coefficient (Wildman–Crippen LogP) is 1.18. The summed E-state index contributed by atoms with van der Waals surface area (Å²) in [4.78, 5) is 23.4. The lowest BCUT2D eigenvalue weighted by molar-refractivity contribution is -0.141. The van der Waals surface area contributed by atoms with Crippen LogP contribution in [-0.2, 0) is 4.79 Å². The van der Waals surface area contributed by atoms with Crippen LogP contribution in [0.3, 0.4) is 0 Å². The third-order valence-electron chi connectivity index (χ3n) is 2.65. The van der Waals surface area contributed by atoms with E-state index in [0.29, 0.717) is 13.2 Å². The number of benzene rings is 1. The van der Waals surface area contributed by atoms with Crippen LogP contribution in [0.1, 0.15) is 6.92 Å². The van der Waals surface area contributed by atoms with Crippen molar-refractivity contribution in [1.29, 1.82) is 0 Å². The summed E-state index contributed by atoms with van der Waals surface area (Å²) >= 11 is 0. The van der Waals surface area contributed by atoms with Crippen molar-refractivity contribution in [2.24, 2.45) is 0 Å². The van der Waals surface area contributed by atoms with Gasteiger partial charge in [0, 0.05) is 7.05 Å². The summed E-state index contributed by atoms with van der Waals surface area (Å²) < 4.78 is 5.39. The molecular formula is C13H18N2O4. The number of carboxylic acids is 1. The maximum atomic E-state index is 11.6. The van der Waals surface area contributed by atoms with Crippen molar-refractivity contribution >= 4 is 12.0 Å². The zero-order valence-corrected chi connectivity index (χ0v) is 11.0. The molecule has 0 radical (unpaired) electrons. The van der Waals surface area contributed by atoms with Gasteiger partial charge in [-0.15, -0.1) is 0 Å². The number of nitrogens with zero attached hydrogens (tertiary/aromatic N) is 1. The third kappa shape index (κ3) is 4.87. The van der Waals surface area contributed by atoms with E-state index in [1.54, 1.807) is 0 Å². The van der Waals surface area contributed by atoms with E-state index < -0.39 is 18.0 Å². The molecule has 1 rings (SSSR count). The first kappa shape index (κ1) is 14.8. The maximum absolute atomic E-state index is 11.6. The number of nitrogens with one attached hydrogen (secondary N) is 1. The molecule has 0 aliphatic rings. The Bertz CT molecular complexity index is 422. The lowest BCUT2D eigenvalue weighted by atomic mass is 10.3. The Morgan fingerprint density at radius 3 is 2.58 bits per heavy atom. The molecule has 6 heteroatoms. The van der Waals surface area contributed by atoms with E-state index >= 15 is 0 Å². The van der Waals surface area contributed by atoms with E-state index in [1.807, 2.05) is 30.3 Å². The van der Waals surface area contributed by atoms with E-state index in [4.69, 9.17) is 9.84 Å². The number of rotatable bonds is 6. The Hall–Kier alpha value is -2.24. The van der Waals surface area contributed by atoms with Crippen LogP contribution in [0.25, 0.3) is 0 Å². The van der Waals surface area contributed by atoms with Crippen molar-refractivity contribution in [2.45, 2.75) is 13.0 Å². The first-order chi connectivity index (χ1) is 9.02. The Labute approximate surface area is 112 Å². The molecule has 1 aromatic rings. The van der Waals surface area contributed by atoms with E-state index in [9.17, 15) is 9.59 Å². The van der Waals surface area contributed by atoms with Gasteiger partial charge in [-0.25, -0.2) is 9.59 Å². The Balaban J connectivity index is 2.26. The quantitative estimate of drug-likeness (QED) is 0.758. The SMILES string of the molecule is CC(C(=O)O)N(C)C(=O)NCCOc1ccccc1. The maximum Gasteiger partial charge on any atom is 0.326 e. The zero-order chi connectivity index (χ0) is 14.3. The Kier molecular flexibility index (Phi) is 5.66. The summed E-state index contributed by atoms with van der Waals surface area (Å²) in [7, 11) is 1.44. The van der Waals surface area contributed by atoms with E-state index in [0.717, 1.165) is 10.6 Å². The van der Waals surface area contributed by atoms with Crippen LogP contribution in [0.4, 0.5) is 4.79 Å². The number of ether oxygens (including phenoxy) is 1. The number of hydrogen-bond acceptors (Lipinski definition) is 3. The van der Waals surface area contributed by atoms with Gasteiger partial charge in [0.1, 0.15) is 18.4 Å². The molecule has 0 bridgehead atoms. The van der Waals surface area contributed by atoms with Gasteiger partial charge in [-0.3, -0.25) is 0 Å². The molecule has 0 aromatic heterocycles. The molecule has 6 nitrogen and oxygen atoms in total. The number of urea groups is 1. The highest BCUT2D eigenvalue weighted by molar-refractivity contribution is 5.82. The summed E-state index contributed by atoms with van der Waals surface area (Å²) in [5.41, 5.74) is 0. The van der Waals surface area contributed by atoms with Crippen molar-refractivity contribution in [2.75, 3.05) is 20.2 Å². The monoisotopic (exact) mass is 266 g/mol. The van der Waals surface area contributed by atoms with Gasteiger partial charge in [0.25, 0.3) is 0 Å². The van der Waals surface area contributed by atoms with Crippen molar-refractivity contribution in [1.82, 2.24) is 10.2 Å². The van der Waals surface area contributed by atoms with Crippen LogP contribution in [0.5, 0.6) is 5.75 Å². The van der Waals surface area contributed by atoms with Gasteiger partial charge in [-0.1, -0.05) is 18.2 Å². The Morgan fingerprint density at radius 1 is 1.37 bits per heavy atom. The summed E-state index contributed by atoms with van der Waals surface area (Å²) in [5, 5.41) is 11.4. The highest BCUT2D eigenvalue weighted by Gasteiger charge is 2.20. The normalized spacial score (nSPS) is 11.5. The number of likely N-dealkylation sites (N-methyl/N-ethyl adjacent to an activating group) is 1. The number of hydrogen-bond donors (Lipinski definition) is 2. The van der Waals surface area contributed by atoms with Crippen LogP contribution in [-0.4, -0.2) is 48.2 Å². The second-order valence-corrected chi connectivity index (χ2v) is 4.02. The molecule has 0 saturated carbocycles. The van der Waals surface area contributed by atoms with Gasteiger partial charge in [-0.05, 0) is 19.1 Å². The highest BCUT2D eigenvalue weighted by atomic mass is 16.5. The number of carbonyl (C=O) groups is 2. The second kappa shape index (κ2) is 7.25. The van der Waals surface area contributed by atoms with E-state index in [-0.39, 0.29) is 0 Å². The molecule has 19 heavy (non-hydrogen) atoms. The van der Waals surface area contributed by atoms with Crippen LogP contribution < -0.4 is 10.1 Å². The van der Waals surface area contributed by atoms with Gasteiger partial charge in [0.2, 0.25) is 0 Å². The molecule has 0 fully saturated rings. The minimum absolute atomic E-state index is 0.310. The molecule has 1 atom stereocenters. The van der Waals surface area contributed by atoms with Crippen molar-refractivity contribution < 1.29 is 19.4 Å². The van der Waals surface area contributed by atoms with Gasteiger partial charge in [0.05, 0.1) is 6.54 Å². The lowest BCUT2D eigenvalue weighted by Gasteiger charge is -2.21. The Morgan fingerprint density at radius 2 is 2.00 bits per heavy atom. The van der Waals surface area contributed by atoms with Gasteiger partial charge >= 0.3 is 12.0 Å². The van der Waals surface area contributed by atoms with Crippen molar-refractivity contribution in [3.05, 3.63) is 30.3 Å². The number of para-hydroxylation sites is 1. The molecule has 0 heterocycles. The lowest BCUT2D eigenvalue weighted by Crippen LogP contribution is -2.46. The number of carbonyl (C=O) groups excluding carboxylic acids is 1. The fraction of sp³-hybridized carbons (Fsp3) is 0.385. The molecular weight excluding hydrogens is 248 g/mol. The van der Waals surface area contributed by atoms with Crippen molar-refractivity contribution in [3.8, 4) is 5.75 Å². The summed E-state index contributed by atoms with van der Waals surface area (Å²) in [6, 6.07) is 7.94. The standard InChI is InChI=1S/C13H18N2O4/c1-10(12(16)17)15(2)13(18)14-8-9-19-11-6-4-3-5-7-11/h3-7,10H,8-9H2,1-2H3,(H,14,18)(H,16,17). The molecule has 0 spiro atoms. The van der Waals surface area contributed by atoms with Gasteiger partial charge < -0.3 is 20.1 Å². The first-order valence-electron chi connectivity index (χ1n) is 5.93. The molecule has 1 aromatic carbocycles. The molecule has 104 valence electrons. The van der Waals surface area contributed by atoms with Gasteiger partial charge in [0.15, 0.2) is 0 Å². The third-order valence-corrected chi connectivity index (χ3v) is 2.65. The minimum atomic E-state index is -1.04. The van der Waals surface area contributed by atoms with Crippen molar-refractivity contribution in [3.63, 3.8) is 0 Å². The highest BCUT2D eigenvalue weighted by Crippen LogP contribution is 2.07. The van der Waals surface area contributed by atoms with Gasteiger partial charge in [-0.2, -0.15) is 0 Å². The smallest absolute Gasteiger partial charge is 0.326 e. The van der Waals surface area contributed by atoms with Crippen LogP contribution >= 0.6 is 0 Å². The van der Waals surface area contributed by atoms with Crippen LogP contribution in [0, 0.1) is 0 Å². The number of aliphatic carboxylic acids is 1. The van der Waals surface area contributed by atoms with Crippen LogP contribution in [0.15, 0.2) is 30.3 Å². The second-order valence-electron chi connectivity index (χ2n) is 4.02. The largest absolute Gasteiger partial charge is 0.492 e. The predicted molar refractivity (Wildman–Crippen MR) is 70.2 cm³/mol. The minimum Gasteiger partial charge on any atom is -0.492 e. The summed E-state index contributed by atoms with van der Waals surface area (Å²) in [5.74, 6) is -0.317. The van der Waals surface area contributed by atoms with E-state index in [1.165, 1.54) is 14.0 Å². The fourth-order valence-corrected chi connectivity index (χ4v) is 1.31. The zero-order valence-electron chi connectivity index (χ0n) is 11.0. The molecule has 1 unspecified atom stereocenters. The molecule has 2 amide bonds. The number of carboxylic acid groups (broad SMARTS) is 1. The van der Waals surface area contributed by atoms with Crippen LogP contribution in [0.2, 0.25) is 0 Å². The molecule has 0 aliphatic heterocycles. The average molecular weight is 266 g/mol. The molecule has 0 aliphatic carbocycles. The molecule has 2 N–H and O–H groups in total. The van der Waals surface area contributed by atoms with E-state index in [2.05, 4.69) is 5.32 Å². The topological polar surface area (TPSA) is 78.9 Å². The summed E-state index contributed by atoms with van der Waals surface area (Å²) in [6.45, 7) is 2.08. The summed E-state index contributed by atoms with van der Waals surface area (Å²) in [6.07, 6.45) is 0. The average Bonchev–Trinajstić information content (AvgIpc) is 2.42. The first-order valence-corrected chi connectivity index (χ1v) is 5.93. The fourth-order valence-electron chi connectivity index (χ4n) is 1.31. The molecule has 0 saturated heterocycles. The number of amides is 2.